The lowest BCUT2D eigenvalue weighted by molar-refractivity contribution is -0.127. The van der Waals surface area contributed by atoms with E-state index in [1.807, 2.05) is 47.4 Å². The van der Waals surface area contributed by atoms with Gasteiger partial charge in [-0.1, -0.05) is 24.8 Å². The summed E-state index contributed by atoms with van der Waals surface area (Å²) in [5, 5.41) is 8.29. The highest BCUT2D eigenvalue weighted by Crippen LogP contribution is 2.43. The number of rotatable bonds is 7. The Morgan fingerprint density at radius 1 is 1.11 bits per heavy atom. The highest BCUT2D eigenvalue weighted by atomic mass is 16.5. The van der Waals surface area contributed by atoms with Crippen molar-refractivity contribution in [2.75, 3.05) is 32.1 Å². The van der Waals surface area contributed by atoms with Gasteiger partial charge in [-0.3, -0.25) is 9.59 Å². The number of nitrogens with zero attached hydrogens (tertiary/aromatic N) is 3. The zero-order valence-corrected chi connectivity index (χ0v) is 20.9. The van der Waals surface area contributed by atoms with Crippen LogP contribution in [0.2, 0.25) is 0 Å². The first-order valence-electron chi connectivity index (χ1n) is 12.5. The predicted molar refractivity (Wildman–Crippen MR) is 140 cm³/mol. The van der Waals surface area contributed by atoms with Gasteiger partial charge in [-0.2, -0.15) is 5.10 Å². The average molecular weight is 502 g/mol. The van der Waals surface area contributed by atoms with E-state index in [1.165, 1.54) is 6.08 Å². The zero-order chi connectivity index (χ0) is 25.9. The number of carbonyl (C=O) groups excluding carboxylic acids is 2. The highest BCUT2D eigenvalue weighted by Gasteiger charge is 2.37. The predicted octanol–water partition coefficient (Wildman–Crippen LogP) is 4.10. The molecule has 2 aromatic carbocycles. The standard InChI is InChI=1S/C28H31N5O4/c1-3-24(34)32-15-12-18(13-16-32)21-11-14-30-26-25(21)31-33(27(26)28(29)35)22-10-9-20(17-23(22)36-2)37-19-7-5-4-6-8-19/h3-10,17-18,21,30H,1,11-16H2,2H3,(H2,29,35). The van der Waals surface area contributed by atoms with Crippen molar-refractivity contribution in [3.63, 3.8) is 0 Å². The SMILES string of the molecule is C=CC(=O)N1CCC(C2CCNc3c2nn(-c2ccc(Oc4ccccc4)cc2OC)c3C(N)=O)CC1. The Morgan fingerprint density at radius 3 is 2.54 bits per heavy atom. The molecule has 0 bridgehead atoms. The fourth-order valence-corrected chi connectivity index (χ4v) is 5.39. The molecule has 2 aliphatic rings. The van der Waals surface area contributed by atoms with Crippen molar-refractivity contribution < 1.29 is 19.1 Å². The number of likely N-dealkylation sites (tertiary alicyclic amines) is 1. The smallest absolute Gasteiger partial charge is 0.269 e. The number of piperidine rings is 1. The number of fused-ring (bicyclic) bond motifs is 1. The fraction of sp³-hybridized carbons (Fsp3) is 0.321. The quantitative estimate of drug-likeness (QED) is 0.472. The molecule has 5 rings (SSSR count). The van der Waals surface area contributed by atoms with Gasteiger partial charge >= 0.3 is 0 Å². The molecule has 0 spiro atoms. The first-order valence-corrected chi connectivity index (χ1v) is 12.5. The third-order valence-electron chi connectivity index (χ3n) is 7.21. The number of hydrogen-bond donors (Lipinski definition) is 2. The lowest BCUT2D eigenvalue weighted by Gasteiger charge is -2.37. The number of para-hydroxylation sites is 1. The monoisotopic (exact) mass is 501 g/mol. The van der Waals surface area contributed by atoms with E-state index in [1.54, 1.807) is 17.9 Å². The minimum atomic E-state index is -0.569. The second-order valence-corrected chi connectivity index (χ2v) is 9.32. The van der Waals surface area contributed by atoms with E-state index >= 15 is 0 Å². The van der Waals surface area contributed by atoms with Crippen molar-refractivity contribution in [1.29, 1.82) is 0 Å². The third kappa shape index (κ3) is 4.76. The molecule has 1 fully saturated rings. The van der Waals surface area contributed by atoms with Gasteiger partial charge in [0.25, 0.3) is 5.91 Å². The number of methoxy groups -OCH3 is 1. The van der Waals surface area contributed by atoms with Crippen molar-refractivity contribution in [2.24, 2.45) is 11.7 Å². The summed E-state index contributed by atoms with van der Waals surface area (Å²) >= 11 is 0. The number of aromatic nitrogens is 2. The zero-order valence-electron chi connectivity index (χ0n) is 20.9. The summed E-state index contributed by atoms with van der Waals surface area (Å²) in [5.41, 5.74) is 8.29. The molecule has 1 unspecified atom stereocenters. The van der Waals surface area contributed by atoms with Crippen LogP contribution in [0.5, 0.6) is 17.2 Å². The summed E-state index contributed by atoms with van der Waals surface area (Å²) in [4.78, 5) is 26.5. The van der Waals surface area contributed by atoms with Gasteiger partial charge in [0, 0.05) is 31.6 Å². The number of nitrogens with one attached hydrogen (secondary N) is 1. The molecule has 192 valence electrons. The van der Waals surface area contributed by atoms with Crippen LogP contribution in [0.1, 0.15) is 41.4 Å². The second kappa shape index (κ2) is 10.4. The van der Waals surface area contributed by atoms with Gasteiger partial charge in [-0.25, -0.2) is 4.68 Å². The number of carbonyl (C=O) groups is 2. The first kappa shape index (κ1) is 24.4. The van der Waals surface area contributed by atoms with Crippen LogP contribution in [0.15, 0.2) is 61.2 Å². The van der Waals surface area contributed by atoms with E-state index in [0.29, 0.717) is 53.3 Å². The Balaban J connectivity index is 1.48. The Hall–Kier alpha value is -4.27. The molecule has 3 N–H and O–H groups in total. The summed E-state index contributed by atoms with van der Waals surface area (Å²) in [5.74, 6) is 1.71. The molecule has 3 aromatic rings. The number of amides is 2. The van der Waals surface area contributed by atoms with E-state index in [4.69, 9.17) is 20.3 Å². The van der Waals surface area contributed by atoms with E-state index in [-0.39, 0.29) is 11.8 Å². The van der Waals surface area contributed by atoms with Crippen LogP contribution in [-0.2, 0) is 4.79 Å². The average Bonchev–Trinajstić information content (AvgIpc) is 3.33. The molecule has 1 atom stereocenters. The normalized spacial score (nSPS) is 17.4. The van der Waals surface area contributed by atoms with Crippen LogP contribution in [0.25, 0.3) is 5.69 Å². The summed E-state index contributed by atoms with van der Waals surface area (Å²) in [6.45, 7) is 5.70. The van der Waals surface area contributed by atoms with E-state index in [0.717, 1.165) is 31.5 Å². The van der Waals surface area contributed by atoms with Gasteiger partial charge in [0.15, 0.2) is 5.69 Å². The molecule has 9 heteroatoms. The molecule has 0 aliphatic carbocycles. The molecule has 37 heavy (non-hydrogen) atoms. The van der Waals surface area contributed by atoms with Crippen molar-refractivity contribution >= 4 is 17.5 Å². The maximum Gasteiger partial charge on any atom is 0.269 e. The van der Waals surface area contributed by atoms with Gasteiger partial charge in [0.1, 0.15) is 22.9 Å². The third-order valence-corrected chi connectivity index (χ3v) is 7.21. The van der Waals surface area contributed by atoms with Crippen LogP contribution in [-0.4, -0.2) is 53.2 Å². The molecule has 0 radical (unpaired) electrons. The van der Waals surface area contributed by atoms with Gasteiger partial charge in [-0.05, 0) is 55.5 Å². The summed E-state index contributed by atoms with van der Waals surface area (Å²) < 4.78 is 13.2. The van der Waals surface area contributed by atoms with Gasteiger partial charge in [0.05, 0.1) is 18.5 Å². The van der Waals surface area contributed by atoms with Crippen LogP contribution in [0.3, 0.4) is 0 Å². The van der Waals surface area contributed by atoms with Crippen LogP contribution in [0, 0.1) is 5.92 Å². The molecule has 2 amide bonds. The van der Waals surface area contributed by atoms with Crippen molar-refractivity contribution in [3.05, 3.63) is 72.6 Å². The largest absolute Gasteiger partial charge is 0.494 e. The topological polar surface area (TPSA) is 112 Å². The van der Waals surface area contributed by atoms with E-state index in [2.05, 4.69) is 11.9 Å². The van der Waals surface area contributed by atoms with Crippen molar-refractivity contribution in [3.8, 4) is 22.9 Å². The van der Waals surface area contributed by atoms with Crippen molar-refractivity contribution in [1.82, 2.24) is 14.7 Å². The minimum absolute atomic E-state index is 0.0310. The van der Waals surface area contributed by atoms with Crippen LogP contribution in [0.4, 0.5) is 5.69 Å². The Bertz CT molecular complexity index is 1310. The maximum absolute atomic E-state index is 12.7. The number of anilines is 1. The van der Waals surface area contributed by atoms with Crippen LogP contribution >= 0.6 is 0 Å². The Kier molecular flexibility index (Phi) is 6.85. The van der Waals surface area contributed by atoms with Gasteiger partial charge in [-0.15, -0.1) is 0 Å². The molecule has 1 saturated heterocycles. The maximum atomic E-state index is 12.7. The van der Waals surface area contributed by atoms with E-state index < -0.39 is 5.91 Å². The van der Waals surface area contributed by atoms with E-state index in [9.17, 15) is 9.59 Å². The lowest BCUT2D eigenvalue weighted by atomic mass is 9.78. The minimum Gasteiger partial charge on any atom is -0.494 e. The fourth-order valence-electron chi connectivity index (χ4n) is 5.39. The summed E-state index contributed by atoms with van der Waals surface area (Å²) in [6, 6.07) is 14.9. The summed E-state index contributed by atoms with van der Waals surface area (Å²) in [6.07, 6.45) is 4.01. The lowest BCUT2D eigenvalue weighted by Crippen LogP contribution is -2.39. The molecule has 0 saturated carbocycles. The number of ether oxygens (including phenoxy) is 2. The molecule has 3 heterocycles. The first-order chi connectivity index (χ1) is 18.0. The number of nitrogens with two attached hydrogens (primary N) is 1. The van der Waals surface area contributed by atoms with Gasteiger partial charge < -0.3 is 25.4 Å². The Morgan fingerprint density at radius 2 is 1.86 bits per heavy atom. The highest BCUT2D eigenvalue weighted by molar-refractivity contribution is 5.98. The molecule has 9 nitrogen and oxygen atoms in total. The van der Waals surface area contributed by atoms with Gasteiger partial charge in [0.2, 0.25) is 5.91 Å². The number of primary amides is 1. The second-order valence-electron chi connectivity index (χ2n) is 9.32. The number of hydrogen-bond acceptors (Lipinski definition) is 6. The molecule has 1 aromatic heterocycles. The van der Waals surface area contributed by atoms with Crippen LogP contribution < -0.4 is 20.5 Å². The Labute approximate surface area is 215 Å². The summed E-state index contributed by atoms with van der Waals surface area (Å²) in [7, 11) is 1.57. The molecular formula is C28H31N5O4. The number of benzene rings is 2. The molecular weight excluding hydrogens is 470 g/mol. The van der Waals surface area contributed by atoms with Crippen molar-refractivity contribution in [2.45, 2.75) is 25.2 Å². The molecule has 2 aliphatic heterocycles.